The third-order valence-corrected chi connectivity index (χ3v) is 3.73. The molecule has 2 nitrogen and oxygen atoms in total. The lowest BCUT2D eigenvalue weighted by Gasteiger charge is -2.36. The van der Waals surface area contributed by atoms with E-state index in [2.05, 4.69) is 30.6 Å². The van der Waals surface area contributed by atoms with Crippen molar-refractivity contribution in [2.75, 3.05) is 13.1 Å². The van der Waals surface area contributed by atoms with Crippen molar-refractivity contribution in [1.82, 2.24) is 4.90 Å². The van der Waals surface area contributed by atoms with Gasteiger partial charge in [-0.25, -0.2) is 0 Å². The van der Waals surface area contributed by atoms with E-state index in [0.29, 0.717) is 18.6 Å². The topological polar surface area (TPSA) is 20.3 Å². The first-order valence-electron chi connectivity index (χ1n) is 6.77. The van der Waals surface area contributed by atoms with Gasteiger partial charge in [0.15, 0.2) is 5.78 Å². The Labute approximate surface area is 106 Å². The predicted octanol–water partition coefficient (Wildman–Crippen LogP) is 3.01. The van der Waals surface area contributed by atoms with Gasteiger partial charge in [0.25, 0.3) is 0 Å². The van der Waals surface area contributed by atoms with E-state index >= 15 is 0 Å². The van der Waals surface area contributed by atoms with E-state index in [1.54, 1.807) is 0 Å². The van der Waals surface area contributed by atoms with Crippen molar-refractivity contribution in [3.63, 3.8) is 0 Å². The molecule has 1 saturated heterocycles. The monoisotopic (exact) mass is 235 g/mol. The van der Waals surface area contributed by atoms with E-state index < -0.39 is 0 Å². The molecule has 2 heteroatoms. The van der Waals surface area contributed by atoms with Gasteiger partial charge in [0, 0.05) is 12.8 Å². The number of nitrogens with zero attached hydrogens (tertiary/aromatic N) is 1. The number of carbonyl (C=O) groups excluding carboxylic acids is 1. The van der Waals surface area contributed by atoms with Gasteiger partial charge in [-0.2, -0.15) is 0 Å². The molecular weight excluding hydrogens is 210 g/mol. The molecular formula is C15H25NO. The maximum absolute atomic E-state index is 12.2. The Morgan fingerprint density at radius 2 is 1.76 bits per heavy atom. The zero-order valence-electron chi connectivity index (χ0n) is 11.5. The van der Waals surface area contributed by atoms with E-state index in [4.69, 9.17) is 0 Å². The lowest BCUT2D eigenvalue weighted by atomic mass is 9.93. The number of Topliss-reactive ketones (excluding diaryl/α,β-unsaturated/α-hetero) is 1. The molecule has 0 aromatic rings. The minimum absolute atomic E-state index is 0.306. The average molecular weight is 235 g/mol. The molecule has 1 aliphatic rings. The normalized spacial score (nSPS) is 18.1. The Morgan fingerprint density at radius 1 is 1.18 bits per heavy atom. The van der Waals surface area contributed by atoms with E-state index in [0.717, 1.165) is 13.1 Å². The van der Waals surface area contributed by atoms with Crippen LogP contribution < -0.4 is 0 Å². The molecule has 0 atom stereocenters. The molecule has 1 rings (SSSR count). The van der Waals surface area contributed by atoms with Crippen molar-refractivity contribution < 1.29 is 4.79 Å². The molecule has 1 heterocycles. The minimum atomic E-state index is -0.306. The van der Waals surface area contributed by atoms with Crippen molar-refractivity contribution in [2.45, 2.75) is 64.8 Å². The molecule has 0 unspecified atom stereocenters. The van der Waals surface area contributed by atoms with Gasteiger partial charge in [0.1, 0.15) is 0 Å². The molecule has 0 aromatic heterocycles. The van der Waals surface area contributed by atoms with Crippen LogP contribution >= 0.6 is 0 Å². The number of rotatable bonds is 4. The summed E-state index contributed by atoms with van der Waals surface area (Å²) in [5.74, 6) is 6.16. The third-order valence-electron chi connectivity index (χ3n) is 3.73. The van der Waals surface area contributed by atoms with Crippen LogP contribution in [0, 0.1) is 11.8 Å². The Hall–Kier alpha value is -0.810. The molecule has 0 N–H and O–H groups in total. The van der Waals surface area contributed by atoms with Crippen LogP contribution in [-0.4, -0.2) is 29.3 Å². The molecule has 17 heavy (non-hydrogen) atoms. The quantitative estimate of drug-likeness (QED) is 0.698. The Balaban J connectivity index is 2.56. The van der Waals surface area contributed by atoms with Crippen LogP contribution in [0.3, 0.4) is 0 Å². The summed E-state index contributed by atoms with van der Waals surface area (Å²) in [5, 5.41) is 0. The van der Waals surface area contributed by atoms with E-state index in [1.807, 2.05) is 6.92 Å². The number of hydrogen-bond donors (Lipinski definition) is 0. The van der Waals surface area contributed by atoms with E-state index in [-0.39, 0.29) is 5.54 Å². The maximum atomic E-state index is 12.2. The van der Waals surface area contributed by atoms with Crippen LogP contribution in [0.1, 0.15) is 59.3 Å². The molecule has 1 fully saturated rings. The number of likely N-dealkylation sites (tertiary alicyclic amines) is 1. The molecule has 96 valence electrons. The Bertz CT molecular complexity index is 301. The van der Waals surface area contributed by atoms with Crippen molar-refractivity contribution in [1.29, 1.82) is 0 Å². The first-order chi connectivity index (χ1) is 8.09. The molecule has 0 aliphatic carbocycles. The highest BCUT2D eigenvalue weighted by atomic mass is 16.1. The first kappa shape index (κ1) is 14.3. The highest BCUT2D eigenvalue weighted by molar-refractivity contribution is 5.87. The van der Waals surface area contributed by atoms with Crippen molar-refractivity contribution in [2.24, 2.45) is 0 Å². The van der Waals surface area contributed by atoms with E-state index in [9.17, 15) is 4.79 Å². The Morgan fingerprint density at radius 3 is 2.29 bits per heavy atom. The summed E-state index contributed by atoms with van der Waals surface area (Å²) in [6, 6.07) is 0. The summed E-state index contributed by atoms with van der Waals surface area (Å²) in [4.78, 5) is 14.6. The lowest BCUT2D eigenvalue weighted by Crippen LogP contribution is -2.50. The summed E-state index contributed by atoms with van der Waals surface area (Å²) in [6.07, 6.45) is 6.36. The zero-order chi connectivity index (χ0) is 12.7. The van der Waals surface area contributed by atoms with Gasteiger partial charge < -0.3 is 0 Å². The second-order valence-corrected chi connectivity index (χ2v) is 5.31. The second-order valence-electron chi connectivity index (χ2n) is 5.31. The zero-order valence-corrected chi connectivity index (χ0v) is 11.5. The average Bonchev–Trinajstić information content (AvgIpc) is 2.58. The fourth-order valence-electron chi connectivity index (χ4n) is 2.41. The second kappa shape index (κ2) is 6.81. The molecule has 0 spiro atoms. The minimum Gasteiger partial charge on any atom is -0.298 e. The SMILES string of the molecule is CC#CCCC(=O)C(C)(C)N1CCCCCC1. The first-order valence-corrected chi connectivity index (χ1v) is 6.77. The van der Waals surface area contributed by atoms with Crippen molar-refractivity contribution in [3.05, 3.63) is 0 Å². The van der Waals surface area contributed by atoms with Gasteiger partial charge in [0.05, 0.1) is 5.54 Å². The molecule has 0 aromatic carbocycles. The standard InChI is InChI=1S/C15H25NO/c1-4-5-8-11-14(17)15(2,3)16-12-9-6-7-10-13-16/h6-13H2,1-3H3. The Kier molecular flexibility index (Phi) is 5.71. The smallest absolute Gasteiger partial charge is 0.153 e. The van der Waals surface area contributed by atoms with Gasteiger partial charge >= 0.3 is 0 Å². The van der Waals surface area contributed by atoms with Crippen molar-refractivity contribution >= 4 is 5.78 Å². The van der Waals surface area contributed by atoms with Gasteiger partial charge in [-0.1, -0.05) is 12.8 Å². The van der Waals surface area contributed by atoms with Crippen LogP contribution in [0.5, 0.6) is 0 Å². The molecule has 0 radical (unpaired) electrons. The number of ketones is 1. The van der Waals surface area contributed by atoms with Gasteiger partial charge in [-0.3, -0.25) is 9.69 Å². The fourth-order valence-corrected chi connectivity index (χ4v) is 2.41. The lowest BCUT2D eigenvalue weighted by molar-refractivity contribution is -0.129. The van der Waals surface area contributed by atoms with Crippen LogP contribution in [0.2, 0.25) is 0 Å². The summed E-state index contributed by atoms with van der Waals surface area (Å²) in [5.41, 5.74) is -0.306. The molecule has 0 amide bonds. The number of carbonyl (C=O) groups is 1. The molecule has 1 aliphatic heterocycles. The van der Waals surface area contributed by atoms with Crippen LogP contribution in [0.4, 0.5) is 0 Å². The van der Waals surface area contributed by atoms with Gasteiger partial charge in [-0.15, -0.1) is 11.8 Å². The van der Waals surface area contributed by atoms with Gasteiger partial charge in [0.2, 0.25) is 0 Å². The van der Waals surface area contributed by atoms with E-state index in [1.165, 1.54) is 25.7 Å². The highest BCUT2D eigenvalue weighted by Crippen LogP contribution is 2.22. The van der Waals surface area contributed by atoms with Crippen molar-refractivity contribution in [3.8, 4) is 11.8 Å². The summed E-state index contributed by atoms with van der Waals surface area (Å²) in [6.45, 7) is 8.10. The third kappa shape index (κ3) is 4.16. The summed E-state index contributed by atoms with van der Waals surface area (Å²) < 4.78 is 0. The molecule has 0 bridgehead atoms. The van der Waals surface area contributed by atoms with Crippen LogP contribution in [0.25, 0.3) is 0 Å². The largest absolute Gasteiger partial charge is 0.298 e. The summed E-state index contributed by atoms with van der Waals surface area (Å²) >= 11 is 0. The highest BCUT2D eigenvalue weighted by Gasteiger charge is 2.33. The van der Waals surface area contributed by atoms with Crippen LogP contribution in [0.15, 0.2) is 0 Å². The van der Waals surface area contributed by atoms with Gasteiger partial charge in [-0.05, 0) is 46.7 Å². The number of hydrogen-bond acceptors (Lipinski definition) is 2. The predicted molar refractivity (Wildman–Crippen MR) is 71.8 cm³/mol. The molecule has 0 saturated carbocycles. The maximum Gasteiger partial charge on any atom is 0.153 e. The summed E-state index contributed by atoms with van der Waals surface area (Å²) in [7, 11) is 0. The van der Waals surface area contributed by atoms with Crippen LogP contribution in [-0.2, 0) is 4.79 Å². The fraction of sp³-hybridized carbons (Fsp3) is 0.800.